The van der Waals surface area contributed by atoms with Crippen LogP contribution in [0.15, 0.2) is 34.7 Å². The van der Waals surface area contributed by atoms with Crippen LogP contribution in [0.3, 0.4) is 0 Å². The third-order valence-electron chi connectivity index (χ3n) is 3.37. The molecule has 0 N–H and O–H groups in total. The van der Waals surface area contributed by atoms with Crippen LogP contribution in [-0.2, 0) is 0 Å². The van der Waals surface area contributed by atoms with Gasteiger partial charge in [-0.25, -0.2) is 8.79 Å². The van der Waals surface area contributed by atoms with Crippen LogP contribution in [0.25, 0.3) is 20.2 Å². The van der Waals surface area contributed by atoms with Crippen LogP contribution in [-0.4, -0.2) is 5.71 Å². The number of hydrogen-bond donors (Lipinski definition) is 1. The molecule has 0 saturated carbocycles. The standard InChI is InChI=1S/C17H12FNS2.C4H10/c1-3-4-11-5-6-16-13(7-11)14-8-12(10(2)19-20)15(18)9-17(14)21-16;1-4(2)3/h5-9,20H,1-2H3;4H,1-3H3/b19-10+;. The van der Waals surface area contributed by atoms with Crippen molar-refractivity contribution in [2.24, 2.45) is 10.3 Å². The molecule has 0 spiro atoms. The number of halogens is 1. The van der Waals surface area contributed by atoms with E-state index in [1.807, 2.05) is 25.1 Å². The number of benzene rings is 2. The summed E-state index contributed by atoms with van der Waals surface area (Å²) >= 11 is 5.46. The van der Waals surface area contributed by atoms with E-state index >= 15 is 0 Å². The fourth-order valence-corrected chi connectivity index (χ4v) is 3.55. The molecule has 4 heteroatoms. The van der Waals surface area contributed by atoms with E-state index < -0.39 is 0 Å². The highest BCUT2D eigenvalue weighted by atomic mass is 32.1. The summed E-state index contributed by atoms with van der Waals surface area (Å²) in [6.07, 6.45) is 0. The first-order valence-electron chi connectivity index (χ1n) is 8.15. The Bertz CT molecular complexity index is 985. The summed E-state index contributed by atoms with van der Waals surface area (Å²) in [6, 6.07) is 9.51. The second-order valence-electron chi connectivity index (χ2n) is 6.43. The third kappa shape index (κ3) is 4.62. The molecule has 1 aromatic heterocycles. The van der Waals surface area contributed by atoms with Crippen molar-refractivity contribution in [1.29, 1.82) is 0 Å². The molecule has 0 amide bonds. The lowest BCUT2D eigenvalue weighted by molar-refractivity contribution is 0.627. The van der Waals surface area contributed by atoms with Crippen molar-refractivity contribution in [2.45, 2.75) is 34.6 Å². The van der Waals surface area contributed by atoms with Crippen LogP contribution < -0.4 is 0 Å². The van der Waals surface area contributed by atoms with Crippen LogP contribution in [0.5, 0.6) is 0 Å². The van der Waals surface area contributed by atoms with Crippen molar-refractivity contribution in [1.82, 2.24) is 0 Å². The number of fused-ring (bicyclic) bond motifs is 3. The van der Waals surface area contributed by atoms with E-state index in [1.54, 1.807) is 24.3 Å². The molecule has 0 atom stereocenters. The van der Waals surface area contributed by atoms with Crippen LogP contribution in [0.1, 0.15) is 45.7 Å². The smallest absolute Gasteiger partial charge is 0.133 e. The van der Waals surface area contributed by atoms with Gasteiger partial charge in [-0.2, -0.15) is 0 Å². The van der Waals surface area contributed by atoms with Gasteiger partial charge in [0.1, 0.15) is 5.82 Å². The van der Waals surface area contributed by atoms with Gasteiger partial charge in [0.05, 0.1) is 5.71 Å². The van der Waals surface area contributed by atoms with Gasteiger partial charge in [-0.1, -0.05) is 26.7 Å². The first kappa shape index (κ1) is 19.5. The maximum atomic E-state index is 14.2. The second-order valence-corrected chi connectivity index (χ2v) is 7.72. The summed E-state index contributed by atoms with van der Waals surface area (Å²) in [5.41, 5.74) is 2.03. The average Bonchev–Trinajstić information content (AvgIpc) is 2.90. The zero-order valence-electron chi connectivity index (χ0n) is 15.1. The largest absolute Gasteiger partial charge is 0.224 e. The van der Waals surface area contributed by atoms with Gasteiger partial charge in [-0.15, -0.1) is 17.3 Å². The Labute approximate surface area is 158 Å². The number of thiophene rings is 1. The van der Waals surface area contributed by atoms with Gasteiger partial charge < -0.3 is 0 Å². The van der Waals surface area contributed by atoms with Crippen LogP contribution in [0.2, 0.25) is 0 Å². The predicted molar refractivity (Wildman–Crippen MR) is 114 cm³/mol. The van der Waals surface area contributed by atoms with E-state index in [-0.39, 0.29) is 5.82 Å². The van der Waals surface area contributed by atoms with Crippen LogP contribution in [0.4, 0.5) is 4.39 Å². The Morgan fingerprint density at radius 1 is 1.12 bits per heavy atom. The van der Waals surface area contributed by atoms with Gasteiger partial charge in [-0.3, -0.25) is 0 Å². The lowest BCUT2D eigenvalue weighted by Gasteiger charge is -2.02. The summed E-state index contributed by atoms with van der Waals surface area (Å²) in [5, 5.41) is 2.13. The van der Waals surface area contributed by atoms with Crippen LogP contribution in [0, 0.1) is 23.6 Å². The van der Waals surface area contributed by atoms with E-state index in [4.69, 9.17) is 0 Å². The zero-order chi connectivity index (χ0) is 18.6. The number of rotatable bonds is 1. The molecule has 0 fully saturated rings. The highest BCUT2D eigenvalue weighted by Gasteiger charge is 2.12. The van der Waals surface area contributed by atoms with Crippen molar-refractivity contribution in [3.8, 4) is 11.8 Å². The van der Waals surface area contributed by atoms with Crippen molar-refractivity contribution in [2.75, 3.05) is 0 Å². The Morgan fingerprint density at radius 2 is 1.76 bits per heavy atom. The number of thiol groups is 1. The van der Waals surface area contributed by atoms with E-state index in [0.717, 1.165) is 31.7 Å². The normalized spacial score (nSPS) is 11.3. The van der Waals surface area contributed by atoms with E-state index in [1.165, 1.54) is 0 Å². The van der Waals surface area contributed by atoms with Crippen molar-refractivity contribution in [3.05, 3.63) is 47.3 Å². The maximum Gasteiger partial charge on any atom is 0.133 e. The lowest BCUT2D eigenvalue weighted by atomic mass is 10.0. The van der Waals surface area contributed by atoms with E-state index in [9.17, 15) is 4.39 Å². The van der Waals surface area contributed by atoms with E-state index in [0.29, 0.717) is 11.3 Å². The Balaban J connectivity index is 0.000000511. The average molecular weight is 372 g/mol. The van der Waals surface area contributed by atoms with Crippen molar-refractivity contribution >= 4 is 50.0 Å². The molecule has 0 aliphatic heterocycles. The zero-order valence-corrected chi connectivity index (χ0v) is 16.9. The van der Waals surface area contributed by atoms with Crippen molar-refractivity contribution < 1.29 is 4.39 Å². The molecular formula is C21H22FNS2. The van der Waals surface area contributed by atoms with Gasteiger partial charge in [0.2, 0.25) is 0 Å². The molecule has 0 aliphatic carbocycles. The molecule has 1 nitrogen and oxygen atoms in total. The Morgan fingerprint density at radius 3 is 2.36 bits per heavy atom. The molecule has 25 heavy (non-hydrogen) atoms. The lowest BCUT2D eigenvalue weighted by Crippen LogP contribution is -1.97. The molecular weight excluding hydrogens is 349 g/mol. The Kier molecular flexibility index (Phi) is 6.64. The van der Waals surface area contributed by atoms with Gasteiger partial charge in [0.25, 0.3) is 0 Å². The predicted octanol–water partition coefficient (Wildman–Crippen LogP) is 6.88. The topological polar surface area (TPSA) is 12.4 Å². The maximum absolute atomic E-state index is 14.2. The molecule has 0 saturated heterocycles. The molecule has 3 rings (SSSR count). The molecule has 1 heterocycles. The minimum atomic E-state index is -0.266. The highest BCUT2D eigenvalue weighted by molar-refractivity contribution is 7.79. The van der Waals surface area contributed by atoms with Gasteiger partial charge in [0.15, 0.2) is 0 Å². The first-order valence-corrected chi connectivity index (χ1v) is 9.36. The summed E-state index contributed by atoms with van der Waals surface area (Å²) < 4.78 is 20.0. The van der Waals surface area contributed by atoms with Crippen molar-refractivity contribution in [3.63, 3.8) is 0 Å². The summed E-state index contributed by atoms with van der Waals surface area (Å²) in [6.45, 7) is 10.1. The fraction of sp³-hybridized carbons (Fsp3) is 0.286. The molecule has 0 radical (unpaired) electrons. The molecule has 2 aromatic carbocycles. The number of nitrogens with zero attached hydrogens (tertiary/aromatic N) is 1. The summed E-state index contributed by atoms with van der Waals surface area (Å²) in [7, 11) is 0. The monoisotopic (exact) mass is 371 g/mol. The SMILES string of the molecule is CC#Cc1ccc2sc3cc(F)c(/C(C)=N/S)cc3c2c1.CC(C)C. The third-order valence-corrected chi connectivity index (χ3v) is 4.80. The molecule has 0 bridgehead atoms. The summed E-state index contributed by atoms with van der Waals surface area (Å²) in [5.74, 6) is 6.53. The molecule has 0 aliphatic rings. The van der Waals surface area contributed by atoms with Gasteiger partial charge >= 0.3 is 0 Å². The minimum Gasteiger partial charge on any atom is -0.224 e. The van der Waals surface area contributed by atoms with Gasteiger partial charge in [-0.05, 0) is 62.9 Å². The fourth-order valence-electron chi connectivity index (χ4n) is 2.35. The Hall–Kier alpha value is -1.83. The van der Waals surface area contributed by atoms with Crippen LogP contribution >= 0.6 is 24.2 Å². The second kappa shape index (κ2) is 8.51. The molecule has 3 aromatic rings. The minimum absolute atomic E-state index is 0.266. The van der Waals surface area contributed by atoms with E-state index in [2.05, 4.69) is 55.9 Å². The quantitative estimate of drug-likeness (QED) is 0.272. The molecule has 0 unspecified atom stereocenters. The number of hydrogen-bond acceptors (Lipinski definition) is 3. The highest BCUT2D eigenvalue weighted by Crippen LogP contribution is 2.36. The summed E-state index contributed by atoms with van der Waals surface area (Å²) in [4.78, 5) is 0. The van der Waals surface area contributed by atoms with Gasteiger partial charge in [0, 0.05) is 31.3 Å². The first-order chi connectivity index (χ1) is 11.9. The molecule has 130 valence electrons.